The first kappa shape index (κ1) is 19.2. The molecule has 1 aliphatic heterocycles. The van der Waals surface area contributed by atoms with Crippen molar-refractivity contribution in [2.24, 2.45) is 5.92 Å². The first-order chi connectivity index (χ1) is 13.5. The van der Waals surface area contributed by atoms with Gasteiger partial charge in [-0.25, -0.2) is 8.42 Å². The minimum atomic E-state index is -3.58. The molecular formula is C24H27NO2S. The summed E-state index contributed by atoms with van der Waals surface area (Å²) in [6, 6.07) is 17.2. The summed E-state index contributed by atoms with van der Waals surface area (Å²) in [6.07, 6.45) is 7.32. The number of benzene rings is 2. The van der Waals surface area contributed by atoms with Crippen molar-refractivity contribution in [1.82, 2.24) is 4.31 Å². The van der Waals surface area contributed by atoms with E-state index in [4.69, 9.17) is 0 Å². The Balaban J connectivity index is 1.84. The summed E-state index contributed by atoms with van der Waals surface area (Å²) < 4.78 is 29.0. The van der Waals surface area contributed by atoms with E-state index in [2.05, 4.69) is 31.2 Å². The maximum atomic E-state index is 13.6. The first-order valence-corrected chi connectivity index (χ1v) is 11.4. The number of hydrogen-bond acceptors (Lipinski definition) is 2. The fourth-order valence-corrected chi connectivity index (χ4v) is 6.10. The van der Waals surface area contributed by atoms with Crippen LogP contribution in [0.5, 0.6) is 0 Å². The Morgan fingerprint density at radius 3 is 2.36 bits per heavy atom. The van der Waals surface area contributed by atoms with Crippen LogP contribution in [0.4, 0.5) is 0 Å². The number of hydrogen-bond donors (Lipinski definition) is 0. The van der Waals surface area contributed by atoms with Crippen molar-refractivity contribution in [2.75, 3.05) is 6.54 Å². The SMILES string of the molecule is C/C1=C2\CN(S(=O)(=O)c3ccc(C)cc3)[C@H](c3ccccc3)[C@H]2CC/C=C\C1. The molecule has 1 saturated heterocycles. The predicted molar refractivity (Wildman–Crippen MR) is 113 cm³/mol. The lowest BCUT2D eigenvalue weighted by atomic mass is 9.83. The molecule has 0 amide bonds. The molecule has 2 aliphatic rings. The molecular weight excluding hydrogens is 366 g/mol. The molecule has 0 aromatic heterocycles. The lowest BCUT2D eigenvalue weighted by Crippen LogP contribution is -2.32. The Labute approximate surface area is 168 Å². The van der Waals surface area contributed by atoms with Gasteiger partial charge in [0.15, 0.2) is 0 Å². The molecule has 28 heavy (non-hydrogen) atoms. The van der Waals surface area contributed by atoms with Crippen LogP contribution in [0, 0.1) is 12.8 Å². The minimum Gasteiger partial charge on any atom is -0.207 e. The van der Waals surface area contributed by atoms with Crippen LogP contribution < -0.4 is 0 Å². The molecule has 2 aromatic rings. The highest BCUT2D eigenvalue weighted by Gasteiger charge is 2.45. The highest BCUT2D eigenvalue weighted by Crippen LogP contribution is 2.47. The van der Waals surface area contributed by atoms with Crippen LogP contribution in [0.3, 0.4) is 0 Å². The minimum absolute atomic E-state index is 0.149. The summed E-state index contributed by atoms with van der Waals surface area (Å²) >= 11 is 0. The molecule has 0 N–H and O–H groups in total. The van der Waals surface area contributed by atoms with Crippen molar-refractivity contribution in [3.63, 3.8) is 0 Å². The fraction of sp³-hybridized carbons (Fsp3) is 0.333. The summed E-state index contributed by atoms with van der Waals surface area (Å²) in [4.78, 5) is 0.379. The lowest BCUT2D eigenvalue weighted by Gasteiger charge is -2.28. The number of sulfonamides is 1. The summed E-state index contributed by atoms with van der Waals surface area (Å²) in [5, 5.41) is 0. The average Bonchev–Trinajstić information content (AvgIpc) is 3.07. The molecule has 0 radical (unpaired) electrons. The molecule has 2 aromatic carbocycles. The molecule has 2 atom stereocenters. The van der Waals surface area contributed by atoms with E-state index < -0.39 is 10.0 Å². The van der Waals surface area contributed by atoms with E-state index in [9.17, 15) is 8.42 Å². The maximum absolute atomic E-state index is 13.6. The van der Waals surface area contributed by atoms with Crippen molar-refractivity contribution in [3.05, 3.63) is 89.0 Å². The lowest BCUT2D eigenvalue weighted by molar-refractivity contribution is 0.338. The summed E-state index contributed by atoms with van der Waals surface area (Å²) in [6.45, 7) is 4.61. The van der Waals surface area contributed by atoms with Gasteiger partial charge in [0.05, 0.1) is 10.9 Å². The zero-order valence-electron chi connectivity index (χ0n) is 16.5. The van der Waals surface area contributed by atoms with E-state index in [0.717, 1.165) is 30.4 Å². The average molecular weight is 394 g/mol. The van der Waals surface area contributed by atoms with Crippen molar-refractivity contribution >= 4 is 10.0 Å². The van der Waals surface area contributed by atoms with E-state index in [-0.39, 0.29) is 12.0 Å². The third-order valence-corrected chi connectivity index (χ3v) is 7.86. The number of aryl methyl sites for hydroxylation is 1. The quantitative estimate of drug-likeness (QED) is 0.654. The third-order valence-electron chi connectivity index (χ3n) is 6.02. The van der Waals surface area contributed by atoms with E-state index in [1.54, 1.807) is 16.4 Å². The fourth-order valence-electron chi connectivity index (χ4n) is 4.47. The van der Waals surface area contributed by atoms with E-state index in [1.165, 1.54) is 11.1 Å². The number of fused-ring (bicyclic) bond motifs is 1. The zero-order valence-corrected chi connectivity index (χ0v) is 17.3. The summed E-state index contributed by atoms with van der Waals surface area (Å²) in [5.41, 5.74) is 4.75. The topological polar surface area (TPSA) is 37.4 Å². The second kappa shape index (κ2) is 7.69. The van der Waals surface area contributed by atoms with Gasteiger partial charge in [0, 0.05) is 12.5 Å². The standard InChI is InChI=1S/C24H27NO2S/c1-18-13-15-21(16-14-18)28(26,27)25-17-23-19(2)9-5-3-8-12-22(23)24(25)20-10-6-4-7-11-20/h3-7,10-11,13-16,22,24H,8-9,12,17H2,1-2H3/b5-3-,23-19-/t22-,24+/m0/s1. The van der Waals surface area contributed by atoms with Crippen molar-refractivity contribution < 1.29 is 8.42 Å². The van der Waals surface area contributed by atoms with Gasteiger partial charge in [-0.1, -0.05) is 71.3 Å². The van der Waals surface area contributed by atoms with Gasteiger partial charge in [-0.3, -0.25) is 0 Å². The summed E-state index contributed by atoms with van der Waals surface area (Å²) in [5.74, 6) is 0.229. The van der Waals surface area contributed by atoms with E-state index in [0.29, 0.717) is 11.4 Å². The van der Waals surface area contributed by atoms with Gasteiger partial charge in [0.25, 0.3) is 0 Å². The Morgan fingerprint density at radius 2 is 1.64 bits per heavy atom. The molecule has 1 heterocycles. The highest BCUT2D eigenvalue weighted by molar-refractivity contribution is 7.89. The van der Waals surface area contributed by atoms with Gasteiger partial charge in [-0.05, 0) is 50.8 Å². The van der Waals surface area contributed by atoms with Crippen LogP contribution >= 0.6 is 0 Å². The monoisotopic (exact) mass is 393 g/mol. The van der Waals surface area contributed by atoms with E-state index in [1.807, 2.05) is 37.3 Å². The molecule has 3 nitrogen and oxygen atoms in total. The molecule has 0 bridgehead atoms. The second-order valence-corrected chi connectivity index (χ2v) is 9.77. The van der Waals surface area contributed by atoms with Crippen LogP contribution in [-0.2, 0) is 10.0 Å². The Kier molecular flexibility index (Phi) is 5.26. The predicted octanol–water partition coefficient (Wildman–Crippen LogP) is 5.41. The molecule has 146 valence electrons. The first-order valence-electron chi connectivity index (χ1n) is 9.95. The smallest absolute Gasteiger partial charge is 0.207 e. The second-order valence-electron chi connectivity index (χ2n) is 7.88. The Bertz CT molecular complexity index is 1000. The molecule has 1 fully saturated rings. The summed E-state index contributed by atoms with van der Waals surface area (Å²) in [7, 11) is -3.58. The van der Waals surface area contributed by atoms with Crippen molar-refractivity contribution in [2.45, 2.75) is 44.0 Å². The van der Waals surface area contributed by atoms with Crippen molar-refractivity contribution in [1.29, 1.82) is 0 Å². The zero-order chi connectivity index (χ0) is 19.7. The third kappa shape index (κ3) is 3.47. The van der Waals surface area contributed by atoms with Crippen LogP contribution in [0.25, 0.3) is 0 Å². The van der Waals surface area contributed by atoms with Gasteiger partial charge in [0.1, 0.15) is 0 Å². The highest BCUT2D eigenvalue weighted by atomic mass is 32.2. The largest absolute Gasteiger partial charge is 0.243 e. The molecule has 1 aliphatic carbocycles. The number of nitrogens with zero attached hydrogens (tertiary/aromatic N) is 1. The normalized spacial score (nSPS) is 27.1. The molecule has 4 rings (SSSR count). The Morgan fingerprint density at radius 1 is 0.929 bits per heavy atom. The van der Waals surface area contributed by atoms with Crippen LogP contribution in [-0.4, -0.2) is 19.3 Å². The van der Waals surface area contributed by atoms with Crippen molar-refractivity contribution in [3.8, 4) is 0 Å². The molecule has 4 heteroatoms. The molecule has 0 saturated carbocycles. The molecule has 0 unspecified atom stereocenters. The maximum Gasteiger partial charge on any atom is 0.243 e. The van der Waals surface area contributed by atoms with Crippen LogP contribution in [0.2, 0.25) is 0 Å². The van der Waals surface area contributed by atoms with E-state index >= 15 is 0 Å². The van der Waals surface area contributed by atoms with Gasteiger partial charge >= 0.3 is 0 Å². The number of allylic oxidation sites excluding steroid dienone is 3. The Hall–Kier alpha value is -2.17. The van der Waals surface area contributed by atoms with Gasteiger partial charge < -0.3 is 0 Å². The van der Waals surface area contributed by atoms with Gasteiger partial charge in [0.2, 0.25) is 10.0 Å². The van der Waals surface area contributed by atoms with Crippen LogP contribution in [0.1, 0.15) is 43.4 Å². The molecule has 0 spiro atoms. The van der Waals surface area contributed by atoms with Crippen LogP contribution in [0.15, 0.2) is 82.8 Å². The van der Waals surface area contributed by atoms with Gasteiger partial charge in [-0.15, -0.1) is 0 Å². The van der Waals surface area contributed by atoms with Gasteiger partial charge in [-0.2, -0.15) is 4.31 Å². The number of rotatable bonds is 3.